The van der Waals surface area contributed by atoms with Crippen LogP contribution in [-0.4, -0.2) is 39.3 Å². The molecular weight excluding hydrogens is 342 g/mol. The molecule has 3 N–H and O–H groups in total. The maximum Gasteiger partial charge on any atom is 0.135 e. The van der Waals surface area contributed by atoms with Crippen LogP contribution in [0.1, 0.15) is 84.4 Å². The van der Waals surface area contributed by atoms with E-state index in [2.05, 4.69) is 46.7 Å². The zero-order chi connectivity index (χ0) is 20.6. The van der Waals surface area contributed by atoms with Crippen LogP contribution in [-0.2, 0) is 15.7 Å². The lowest BCUT2D eigenvalue weighted by Gasteiger charge is -2.28. The van der Waals surface area contributed by atoms with Crippen LogP contribution in [0, 0.1) is 0 Å². The minimum absolute atomic E-state index is 0.196. The van der Waals surface area contributed by atoms with Crippen molar-refractivity contribution >= 4 is 5.71 Å². The highest BCUT2D eigenvalue weighted by Gasteiger charge is 2.30. The summed E-state index contributed by atoms with van der Waals surface area (Å²) in [4.78, 5) is 5.54. The maximum atomic E-state index is 10.9. The molecule has 0 amide bonds. The van der Waals surface area contributed by atoms with Crippen molar-refractivity contribution in [3.63, 3.8) is 0 Å². The van der Waals surface area contributed by atoms with Gasteiger partial charge in [0.05, 0.1) is 17.9 Å². The molecule has 2 rings (SSSR count). The molecule has 3 atom stereocenters. The lowest BCUT2D eigenvalue weighted by Crippen LogP contribution is -2.22. The Balaban J connectivity index is 2.29. The van der Waals surface area contributed by atoms with Crippen molar-refractivity contribution in [2.24, 2.45) is 5.16 Å². The van der Waals surface area contributed by atoms with Crippen LogP contribution in [0.15, 0.2) is 17.3 Å². The molecule has 1 aliphatic rings. The third-order valence-corrected chi connectivity index (χ3v) is 4.94. The van der Waals surface area contributed by atoms with E-state index in [4.69, 9.17) is 4.84 Å². The van der Waals surface area contributed by atoms with Gasteiger partial charge in [-0.3, -0.25) is 0 Å². The summed E-state index contributed by atoms with van der Waals surface area (Å²) in [5.41, 5.74) is 3.17. The van der Waals surface area contributed by atoms with Crippen LogP contribution < -0.4 is 0 Å². The number of hydrogen-bond acceptors (Lipinski definition) is 5. The molecular formula is C22H35NO4. The minimum Gasteiger partial charge on any atom is -0.507 e. The largest absolute Gasteiger partial charge is 0.507 e. The smallest absolute Gasteiger partial charge is 0.135 e. The number of nitrogens with zero attached hydrogens (tertiary/aromatic N) is 1. The second kappa shape index (κ2) is 7.80. The molecule has 0 saturated carbocycles. The number of aliphatic hydroxyl groups excluding tert-OH is 2. The van der Waals surface area contributed by atoms with Gasteiger partial charge >= 0.3 is 0 Å². The molecule has 3 unspecified atom stereocenters. The highest BCUT2D eigenvalue weighted by atomic mass is 16.6. The van der Waals surface area contributed by atoms with E-state index in [1.165, 1.54) is 0 Å². The van der Waals surface area contributed by atoms with Gasteiger partial charge in [0.15, 0.2) is 0 Å². The Hall–Kier alpha value is -1.59. The van der Waals surface area contributed by atoms with Gasteiger partial charge < -0.3 is 20.2 Å². The van der Waals surface area contributed by atoms with Crippen LogP contribution in [0.5, 0.6) is 5.75 Å². The average molecular weight is 378 g/mol. The van der Waals surface area contributed by atoms with Crippen molar-refractivity contribution in [1.29, 1.82) is 0 Å². The number of phenols is 1. The average Bonchev–Trinajstić information content (AvgIpc) is 2.92. The molecule has 5 nitrogen and oxygen atoms in total. The minimum atomic E-state index is -0.611. The molecule has 5 heteroatoms. The van der Waals surface area contributed by atoms with Gasteiger partial charge in [-0.25, -0.2) is 0 Å². The number of aliphatic hydroxyl groups is 2. The summed E-state index contributed by atoms with van der Waals surface area (Å²) < 4.78 is 0. The van der Waals surface area contributed by atoms with E-state index in [9.17, 15) is 15.3 Å². The molecule has 27 heavy (non-hydrogen) atoms. The fourth-order valence-corrected chi connectivity index (χ4v) is 3.46. The van der Waals surface area contributed by atoms with Crippen molar-refractivity contribution in [3.8, 4) is 5.75 Å². The van der Waals surface area contributed by atoms with Crippen LogP contribution in [0.25, 0.3) is 0 Å². The quantitative estimate of drug-likeness (QED) is 0.724. The molecule has 152 valence electrons. The molecule has 1 aliphatic heterocycles. The summed E-state index contributed by atoms with van der Waals surface area (Å²) in [6.45, 7) is 14.2. The van der Waals surface area contributed by atoms with E-state index >= 15 is 0 Å². The number of hydrogen-bond donors (Lipinski definition) is 3. The van der Waals surface area contributed by atoms with Crippen molar-refractivity contribution in [3.05, 3.63) is 28.8 Å². The normalized spacial score (nSPS) is 20.2. The molecule has 0 radical (unpaired) electrons. The van der Waals surface area contributed by atoms with Crippen molar-refractivity contribution in [2.75, 3.05) is 0 Å². The first-order valence-corrected chi connectivity index (χ1v) is 9.76. The fourth-order valence-electron chi connectivity index (χ4n) is 3.46. The number of phenolic OH excluding ortho intramolecular Hbond substituents is 1. The van der Waals surface area contributed by atoms with Gasteiger partial charge in [0.2, 0.25) is 0 Å². The Morgan fingerprint density at radius 2 is 1.59 bits per heavy atom. The summed E-state index contributed by atoms with van der Waals surface area (Å²) in [5, 5.41) is 34.6. The first kappa shape index (κ1) is 21.7. The summed E-state index contributed by atoms with van der Waals surface area (Å²) in [5.74, 6) is 0.349. The maximum absolute atomic E-state index is 10.9. The molecule has 0 fully saturated rings. The van der Waals surface area contributed by atoms with Crippen molar-refractivity contribution in [2.45, 2.75) is 96.9 Å². The number of oxime groups is 1. The summed E-state index contributed by atoms with van der Waals surface area (Å²) in [7, 11) is 0. The second-order valence-electron chi connectivity index (χ2n) is 9.86. The highest BCUT2D eigenvalue weighted by molar-refractivity contribution is 6.02. The third-order valence-electron chi connectivity index (χ3n) is 4.94. The van der Waals surface area contributed by atoms with Crippen molar-refractivity contribution in [1.82, 2.24) is 0 Å². The summed E-state index contributed by atoms with van der Waals surface area (Å²) >= 11 is 0. The first-order valence-electron chi connectivity index (χ1n) is 9.76. The monoisotopic (exact) mass is 377 g/mol. The van der Waals surface area contributed by atoms with Crippen molar-refractivity contribution < 1.29 is 20.2 Å². The van der Waals surface area contributed by atoms with Crippen LogP contribution in [0.3, 0.4) is 0 Å². The third kappa shape index (κ3) is 5.45. The van der Waals surface area contributed by atoms with E-state index in [-0.39, 0.29) is 16.9 Å². The van der Waals surface area contributed by atoms with E-state index in [1.807, 2.05) is 12.1 Å². The Bertz CT molecular complexity index is 660. The van der Waals surface area contributed by atoms with E-state index in [0.29, 0.717) is 25.0 Å². The zero-order valence-electron chi connectivity index (χ0n) is 17.7. The Morgan fingerprint density at radius 3 is 2.04 bits per heavy atom. The molecule has 0 spiro atoms. The summed E-state index contributed by atoms with van der Waals surface area (Å²) in [6, 6.07) is 4.00. The molecule has 1 aromatic rings. The van der Waals surface area contributed by atoms with Crippen LogP contribution in [0.2, 0.25) is 0 Å². The van der Waals surface area contributed by atoms with E-state index < -0.39 is 12.2 Å². The Labute approximate surface area is 163 Å². The molecule has 0 saturated heterocycles. The fraction of sp³-hybridized carbons (Fsp3) is 0.682. The highest BCUT2D eigenvalue weighted by Crippen LogP contribution is 2.40. The topological polar surface area (TPSA) is 82.3 Å². The van der Waals surface area contributed by atoms with E-state index in [1.54, 1.807) is 6.92 Å². The van der Waals surface area contributed by atoms with Crippen LogP contribution in [0.4, 0.5) is 0 Å². The second-order valence-corrected chi connectivity index (χ2v) is 9.86. The first-order chi connectivity index (χ1) is 12.3. The molecule has 1 aromatic carbocycles. The van der Waals surface area contributed by atoms with Gasteiger partial charge in [0, 0.05) is 29.5 Å². The summed E-state index contributed by atoms with van der Waals surface area (Å²) in [6.07, 6.45) is 0.0285. The SMILES string of the molecule is CC(O)CC(O)CC1CC(c2cc(C(C)(C)C)c(O)c(C(C)(C)C)c2)=NO1. The van der Waals surface area contributed by atoms with E-state index in [0.717, 1.165) is 22.4 Å². The van der Waals surface area contributed by atoms with Gasteiger partial charge in [-0.15, -0.1) is 0 Å². The van der Waals surface area contributed by atoms with Gasteiger partial charge in [0.1, 0.15) is 11.9 Å². The van der Waals surface area contributed by atoms with Gasteiger partial charge in [-0.2, -0.15) is 0 Å². The Morgan fingerprint density at radius 1 is 1.07 bits per heavy atom. The predicted molar refractivity (Wildman–Crippen MR) is 108 cm³/mol. The lowest BCUT2D eigenvalue weighted by atomic mass is 9.77. The van der Waals surface area contributed by atoms with Gasteiger partial charge in [0.25, 0.3) is 0 Å². The molecule has 0 bridgehead atoms. The molecule has 0 aliphatic carbocycles. The number of rotatable bonds is 5. The predicted octanol–water partition coefficient (Wildman–Crippen LogP) is 4.00. The standard InChI is InChI=1S/C22H35NO4/c1-13(24)8-15(25)11-16-12-19(23-27-16)14-9-17(21(2,3)4)20(26)18(10-14)22(5,6)7/h9-10,13,15-16,24-26H,8,11-12H2,1-7H3. The number of benzene rings is 1. The van der Waals surface area contributed by atoms with Crippen LogP contribution >= 0.6 is 0 Å². The molecule has 0 aromatic heterocycles. The van der Waals surface area contributed by atoms with Gasteiger partial charge in [-0.05, 0) is 36.3 Å². The lowest BCUT2D eigenvalue weighted by molar-refractivity contribution is 0.0184. The Kier molecular flexibility index (Phi) is 6.27. The van der Waals surface area contributed by atoms with Gasteiger partial charge in [-0.1, -0.05) is 46.7 Å². The zero-order valence-corrected chi connectivity index (χ0v) is 17.7. The number of aromatic hydroxyl groups is 1. The molecule has 1 heterocycles.